The first kappa shape index (κ1) is 52.6. The van der Waals surface area contributed by atoms with E-state index in [1.807, 2.05) is 0 Å². The van der Waals surface area contributed by atoms with E-state index in [2.05, 4.69) is 34.4 Å². The van der Waals surface area contributed by atoms with E-state index in [1.165, 1.54) is 19.9 Å². The number of aromatic hydroxyl groups is 2. The highest BCUT2D eigenvalue weighted by Gasteiger charge is 2.50. The summed E-state index contributed by atoms with van der Waals surface area (Å²) in [6.07, 6.45) is -7.10. The van der Waals surface area contributed by atoms with Crippen LogP contribution in [0.3, 0.4) is 0 Å². The Morgan fingerprint density at radius 1 is 0.985 bits per heavy atom. The quantitative estimate of drug-likeness (QED) is 0.0351. The number of aliphatic hydroxyl groups is 2. The number of hydrogen-bond acceptors (Lipinski definition) is 21. The second kappa shape index (κ2) is 21.1. The molecule has 2 aromatic carbocycles. The number of amides is 2. The van der Waals surface area contributed by atoms with E-state index >= 15 is 0 Å². The van der Waals surface area contributed by atoms with Gasteiger partial charge in [0.15, 0.2) is 22.8 Å². The summed E-state index contributed by atoms with van der Waals surface area (Å²) in [4.78, 5) is 102. The van der Waals surface area contributed by atoms with Gasteiger partial charge in [-0.15, -0.1) is 0 Å². The number of aromatic nitrogens is 4. The number of ether oxygens (including phenoxy) is 1. The minimum Gasteiger partial charge on any atom is -0.507 e. The number of phosphoric acid groups is 3. The lowest BCUT2D eigenvalue weighted by Gasteiger charge is -2.30. The molecule has 68 heavy (non-hydrogen) atoms. The zero-order valence-electron chi connectivity index (χ0n) is 35.7. The van der Waals surface area contributed by atoms with Gasteiger partial charge >= 0.3 is 23.5 Å². The lowest BCUT2D eigenvalue weighted by Crippen LogP contribution is -2.46. The van der Waals surface area contributed by atoms with Crippen molar-refractivity contribution in [1.29, 1.82) is 0 Å². The number of aliphatic hydroxyl groups excluding tert-OH is 2. The first-order chi connectivity index (χ1) is 31.8. The van der Waals surface area contributed by atoms with Crippen molar-refractivity contribution in [2.45, 2.75) is 63.8 Å². The Kier molecular flexibility index (Phi) is 16.3. The molecular weight excluding hydrogens is 987 g/mol. The Hall–Kier alpha value is -4.73. The van der Waals surface area contributed by atoms with Crippen LogP contribution in [0.15, 0.2) is 43.0 Å². The topological polar surface area (TPSA) is 421 Å². The van der Waals surface area contributed by atoms with Crippen LogP contribution in [0.2, 0.25) is 0 Å². The standard InChI is InChI=1S/C37H46N7O20P3S/c1-37(2,15-61-67(58,59)64-66(56,57)60-14-22-31(63-65(53,54)55)30(50)36(62-22)44-17-43-27-33(38)41-16-42-34(27)44)32(51)35(52)40-9-8-23(46)39-10-11-68-24(47)13-20-7-6-19-12-18-4-3-5-21(45)25(18)29(49)26(19)28(20)48/h3-7,16-17,22,30-32,36,45,48,50-51H,8-15H2,1-2H3,(H,39,46)(H,40,52)(H,56,57)(H,58,59)(H2,38,41,42)(H2,53,54,55). The molecule has 370 valence electrons. The molecule has 1 aliphatic carbocycles. The van der Waals surface area contributed by atoms with Crippen molar-refractivity contribution in [3.8, 4) is 11.5 Å². The maximum Gasteiger partial charge on any atom is 0.481 e. The van der Waals surface area contributed by atoms with E-state index in [0.717, 1.165) is 29.0 Å². The van der Waals surface area contributed by atoms with Gasteiger partial charge in [-0.05, 0) is 23.6 Å². The fraction of sp³-hybridized carbons (Fsp3) is 0.432. The number of nitrogens with one attached hydrogen (secondary N) is 2. The average Bonchev–Trinajstić information content (AvgIpc) is 3.81. The zero-order chi connectivity index (χ0) is 49.9. The van der Waals surface area contributed by atoms with Crippen LogP contribution in [0, 0.1) is 5.41 Å². The van der Waals surface area contributed by atoms with Crippen LogP contribution in [-0.2, 0) is 63.5 Å². The van der Waals surface area contributed by atoms with E-state index in [-0.39, 0.29) is 82.0 Å². The first-order valence-electron chi connectivity index (χ1n) is 20.0. The Bertz CT molecular complexity index is 2740. The van der Waals surface area contributed by atoms with Crippen LogP contribution >= 0.6 is 35.2 Å². The van der Waals surface area contributed by atoms with Crippen molar-refractivity contribution < 1.29 is 95.5 Å². The molecule has 3 heterocycles. The van der Waals surface area contributed by atoms with Gasteiger partial charge in [0.05, 0.1) is 30.7 Å². The number of benzene rings is 2. The molecule has 2 amide bonds. The number of nitrogens with two attached hydrogens (primary N) is 1. The zero-order valence-corrected chi connectivity index (χ0v) is 39.2. The second-order valence-electron chi connectivity index (χ2n) is 15.9. The van der Waals surface area contributed by atoms with Gasteiger partial charge in [-0.2, -0.15) is 4.31 Å². The van der Waals surface area contributed by atoms with Crippen LogP contribution in [0.1, 0.15) is 59.1 Å². The third kappa shape index (κ3) is 12.7. The van der Waals surface area contributed by atoms with Crippen molar-refractivity contribution in [3.63, 3.8) is 0 Å². The van der Waals surface area contributed by atoms with Crippen molar-refractivity contribution in [2.75, 3.05) is 37.8 Å². The fourth-order valence-electron chi connectivity index (χ4n) is 7.05. The highest BCUT2D eigenvalue weighted by atomic mass is 32.2. The number of carbonyl (C=O) groups is 4. The number of phenols is 2. The summed E-state index contributed by atoms with van der Waals surface area (Å²) in [5.41, 5.74) is 5.69. The molecule has 7 unspecified atom stereocenters. The highest BCUT2D eigenvalue weighted by molar-refractivity contribution is 8.13. The van der Waals surface area contributed by atoms with Gasteiger partial charge in [0.1, 0.15) is 47.8 Å². The third-order valence-corrected chi connectivity index (χ3v) is 14.4. The van der Waals surface area contributed by atoms with E-state index in [4.69, 9.17) is 19.5 Å². The molecular formula is C37H46N7O20P3S. The number of rotatable bonds is 21. The summed E-state index contributed by atoms with van der Waals surface area (Å²) >= 11 is 0.867. The van der Waals surface area contributed by atoms with Crippen LogP contribution in [0.5, 0.6) is 11.5 Å². The summed E-state index contributed by atoms with van der Waals surface area (Å²) in [5.74, 6) is -2.60. The van der Waals surface area contributed by atoms with Crippen molar-refractivity contribution in [3.05, 3.63) is 70.8 Å². The van der Waals surface area contributed by atoms with Gasteiger partial charge < -0.3 is 61.1 Å². The predicted octanol–water partition coefficient (Wildman–Crippen LogP) is 0.454. The summed E-state index contributed by atoms with van der Waals surface area (Å²) in [5, 5.41) is 47.2. The number of phosphoric ester groups is 3. The van der Waals surface area contributed by atoms with E-state index < -0.39 is 90.3 Å². The molecule has 2 aliphatic rings. The van der Waals surface area contributed by atoms with Crippen LogP contribution < -0.4 is 16.4 Å². The summed E-state index contributed by atoms with van der Waals surface area (Å²) in [7, 11) is -16.5. The Morgan fingerprint density at radius 3 is 2.41 bits per heavy atom. The minimum absolute atomic E-state index is 0.0144. The number of hydrogen-bond donors (Lipinski definition) is 11. The van der Waals surface area contributed by atoms with Crippen molar-refractivity contribution >= 4 is 74.9 Å². The summed E-state index contributed by atoms with van der Waals surface area (Å²) in [6.45, 7) is 0.115. The fourth-order valence-corrected chi connectivity index (χ4v) is 10.6. The molecule has 6 rings (SSSR count). The number of anilines is 1. The smallest absolute Gasteiger partial charge is 0.481 e. The average molecular weight is 1030 g/mol. The minimum atomic E-state index is -5.61. The SMILES string of the molecule is CC(C)(COP(=O)(O)OP(=O)(O)OCC1OC(n2cnc3c(N)ncnc32)C(O)C1OP(=O)(O)O)C(O)C(=O)NCCC(=O)NCCSC(=O)Cc1ccc2c(c1O)C(=O)c1c(O)cccc1C2. The first-order valence-corrected chi connectivity index (χ1v) is 25.5. The van der Waals surface area contributed by atoms with Crippen LogP contribution in [-0.4, -0.2) is 139 Å². The van der Waals surface area contributed by atoms with Gasteiger partial charge in [0, 0.05) is 42.7 Å². The second-order valence-corrected chi connectivity index (χ2v) is 21.3. The van der Waals surface area contributed by atoms with E-state index in [1.54, 1.807) is 24.3 Å². The molecule has 7 atom stereocenters. The lowest BCUT2D eigenvalue weighted by atomic mass is 9.83. The normalized spacial score (nSPS) is 20.5. The van der Waals surface area contributed by atoms with Gasteiger partial charge in [0.25, 0.3) is 0 Å². The molecule has 0 bridgehead atoms. The molecule has 31 heteroatoms. The molecule has 12 N–H and O–H groups in total. The Balaban J connectivity index is 0.903. The molecule has 27 nitrogen and oxygen atoms in total. The van der Waals surface area contributed by atoms with Gasteiger partial charge in [-0.1, -0.05) is 49.9 Å². The van der Waals surface area contributed by atoms with Gasteiger partial charge in [-0.25, -0.2) is 28.6 Å². The Labute approximate surface area is 388 Å². The number of carbonyl (C=O) groups excluding carboxylic acids is 4. The van der Waals surface area contributed by atoms with Crippen molar-refractivity contribution in [2.24, 2.45) is 5.41 Å². The summed E-state index contributed by atoms with van der Waals surface area (Å²) in [6, 6.07) is 7.89. The maximum atomic E-state index is 13.1. The van der Waals surface area contributed by atoms with Gasteiger partial charge in [0.2, 0.25) is 17.6 Å². The molecule has 2 aromatic heterocycles. The van der Waals surface area contributed by atoms with Crippen LogP contribution in [0.25, 0.3) is 11.2 Å². The molecule has 0 spiro atoms. The number of fused-ring (bicyclic) bond motifs is 3. The highest BCUT2D eigenvalue weighted by Crippen LogP contribution is 2.61. The monoisotopic (exact) mass is 1030 g/mol. The molecule has 0 saturated carbocycles. The molecule has 4 aromatic rings. The largest absolute Gasteiger partial charge is 0.507 e. The van der Waals surface area contributed by atoms with Crippen molar-refractivity contribution in [1.82, 2.24) is 30.2 Å². The number of nitrogen functional groups attached to an aromatic ring is 1. The molecule has 0 radical (unpaired) electrons. The molecule has 1 fully saturated rings. The summed E-state index contributed by atoms with van der Waals surface area (Å²) < 4.78 is 62.4. The van der Waals surface area contributed by atoms with Crippen LogP contribution in [0.4, 0.5) is 5.82 Å². The Morgan fingerprint density at radius 2 is 1.69 bits per heavy atom. The number of imidazole rings is 1. The number of nitrogens with zero attached hydrogens (tertiary/aromatic N) is 4. The number of thioether (sulfide) groups is 1. The number of ketones is 1. The third-order valence-electron chi connectivity index (χ3n) is 10.4. The predicted molar refractivity (Wildman–Crippen MR) is 233 cm³/mol. The van der Waals surface area contributed by atoms with E-state index in [9.17, 15) is 72.9 Å². The molecule has 1 aliphatic heterocycles. The van der Waals surface area contributed by atoms with E-state index in [0.29, 0.717) is 17.5 Å². The maximum absolute atomic E-state index is 13.1. The number of phenolic OH excluding ortho intramolecular Hbond substituents is 2. The molecule has 1 saturated heterocycles. The lowest BCUT2D eigenvalue weighted by molar-refractivity contribution is -0.137. The van der Waals surface area contributed by atoms with Gasteiger partial charge in [-0.3, -0.25) is 37.3 Å².